The van der Waals surface area contributed by atoms with Crippen molar-refractivity contribution < 1.29 is 9.53 Å². The molecule has 1 amide bonds. The van der Waals surface area contributed by atoms with Crippen LogP contribution in [-0.2, 0) is 4.79 Å². The van der Waals surface area contributed by atoms with Gasteiger partial charge < -0.3 is 19.9 Å². The normalized spacial score (nSPS) is 11.6. The Hall–Kier alpha value is -2.05. The van der Waals surface area contributed by atoms with E-state index in [2.05, 4.69) is 15.3 Å². The van der Waals surface area contributed by atoms with Gasteiger partial charge in [-0.15, -0.1) is 12.4 Å². The summed E-state index contributed by atoms with van der Waals surface area (Å²) in [6.07, 6.45) is 3.37. The number of amides is 1. The number of anilines is 1. The fraction of sp³-hybridized carbons (Fsp3) is 0.333. The molecule has 1 aromatic heterocycles. The lowest BCUT2D eigenvalue weighted by Gasteiger charge is -2.19. The maximum atomic E-state index is 12.5. The number of carbonyl (C=O) groups is 1. The number of carbonyl (C=O) groups excluding carboxylic acids is 1. The highest BCUT2D eigenvalue weighted by atomic mass is 35.5. The zero-order valence-corrected chi connectivity index (χ0v) is 13.7. The van der Waals surface area contributed by atoms with Crippen LogP contribution in [0.25, 0.3) is 0 Å². The fourth-order valence-corrected chi connectivity index (χ4v) is 2.06. The monoisotopic (exact) mass is 324 g/mol. The number of aromatic nitrogens is 2. The number of hydrogen-bond donors (Lipinski definition) is 2. The third-order valence-electron chi connectivity index (χ3n) is 3.05. The molecule has 0 fully saturated rings. The van der Waals surface area contributed by atoms with E-state index in [1.165, 1.54) is 0 Å². The number of likely N-dealkylation sites (N-methyl/N-ethyl adjacent to an activating group) is 1. The van der Waals surface area contributed by atoms with Crippen LogP contribution in [0.15, 0.2) is 36.7 Å². The van der Waals surface area contributed by atoms with E-state index in [9.17, 15) is 4.79 Å². The van der Waals surface area contributed by atoms with Gasteiger partial charge in [0, 0.05) is 30.7 Å². The molecule has 0 radical (unpaired) electrons. The molecule has 1 aromatic carbocycles. The van der Waals surface area contributed by atoms with Crippen molar-refractivity contribution in [3.63, 3.8) is 0 Å². The molecular weight excluding hydrogens is 304 g/mol. The molecule has 7 heteroatoms. The number of methoxy groups -OCH3 is 1. The Labute approximate surface area is 136 Å². The molecule has 0 spiro atoms. The number of rotatable bonds is 6. The van der Waals surface area contributed by atoms with Crippen molar-refractivity contribution in [1.29, 1.82) is 0 Å². The molecule has 1 unspecified atom stereocenters. The molecule has 0 saturated heterocycles. The third-order valence-corrected chi connectivity index (χ3v) is 3.05. The summed E-state index contributed by atoms with van der Waals surface area (Å²) in [5.41, 5.74) is 0.703. The van der Waals surface area contributed by atoms with Gasteiger partial charge in [-0.25, -0.2) is 4.98 Å². The molecule has 1 heterocycles. The predicted octanol–water partition coefficient (Wildman–Crippen LogP) is 2.12. The van der Waals surface area contributed by atoms with Crippen LogP contribution < -0.4 is 10.1 Å². The second kappa shape index (κ2) is 8.41. The minimum atomic E-state index is -0.360. The lowest BCUT2D eigenvalue weighted by molar-refractivity contribution is -0.118. The number of aromatic amines is 1. The lowest BCUT2D eigenvalue weighted by atomic mass is 10.1. The topological polar surface area (TPSA) is 70.2 Å². The summed E-state index contributed by atoms with van der Waals surface area (Å²) in [6.45, 7) is 0.573. The van der Waals surface area contributed by atoms with Gasteiger partial charge in [-0.05, 0) is 26.2 Å². The Balaban J connectivity index is 0.00000242. The lowest BCUT2D eigenvalue weighted by Crippen LogP contribution is -2.31. The Morgan fingerprint density at radius 1 is 1.45 bits per heavy atom. The first-order chi connectivity index (χ1) is 10.1. The molecular formula is C15H21ClN4O2. The second-order valence-electron chi connectivity index (χ2n) is 5.01. The summed E-state index contributed by atoms with van der Waals surface area (Å²) < 4.78 is 5.16. The van der Waals surface area contributed by atoms with Crippen molar-refractivity contribution in [3.8, 4) is 5.75 Å². The molecule has 2 N–H and O–H groups in total. The van der Waals surface area contributed by atoms with Crippen molar-refractivity contribution in [3.05, 3.63) is 42.5 Å². The van der Waals surface area contributed by atoms with Crippen molar-refractivity contribution in [2.45, 2.75) is 5.92 Å². The van der Waals surface area contributed by atoms with E-state index in [4.69, 9.17) is 4.74 Å². The number of benzene rings is 1. The van der Waals surface area contributed by atoms with Crippen LogP contribution in [0.1, 0.15) is 11.7 Å². The van der Waals surface area contributed by atoms with Crippen molar-refractivity contribution in [2.24, 2.45) is 0 Å². The minimum absolute atomic E-state index is 0. The number of nitrogens with zero attached hydrogens (tertiary/aromatic N) is 2. The molecule has 2 aromatic rings. The Kier molecular flexibility index (Phi) is 6.88. The number of hydrogen-bond acceptors (Lipinski definition) is 4. The van der Waals surface area contributed by atoms with Gasteiger partial charge >= 0.3 is 0 Å². The second-order valence-corrected chi connectivity index (χ2v) is 5.01. The Bertz CT molecular complexity index is 587. The Morgan fingerprint density at radius 2 is 2.23 bits per heavy atom. The molecule has 2 rings (SSSR count). The maximum absolute atomic E-state index is 12.5. The molecule has 1 atom stereocenters. The van der Waals surface area contributed by atoms with E-state index in [0.717, 1.165) is 0 Å². The molecule has 0 aliphatic carbocycles. The van der Waals surface area contributed by atoms with Crippen LogP contribution in [0.2, 0.25) is 0 Å². The van der Waals surface area contributed by atoms with E-state index in [1.54, 1.807) is 25.6 Å². The van der Waals surface area contributed by atoms with E-state index in [1.807, 2.05) is 37.2 Å². The highest BCUT2D eigenvalue weighted by Crippen LogP contribution is 2.20. The molecule has 0 bridgehead atoms. The third kappa shape index (κ3) is 4.75. The van der Waals surface area contributed by atoms with Crippen LogP contribution in [0.5, 0.6) is 5.75 Å². The number of halogens is 1. The summed E-state index contributed by atoms with van der Waals surface area (Å²) in [7, 11) is 5.45. The van der Waals surface area contributed by atoms with Gasteiger partial charge in [0.15, 0.2) is 0 Å². The van der Waals surface area contributed by atoms with E-state index in [-0.39, 0.29) is 24.2 Å². The van der Waals surface area contributed by atoms with Crippen LogP contribution in [0.3, 0.4) is 0 Å². The highest BCUT2D eigenvalue weighted by molar-refractivity contribution is 5.95. The molecule has 0 aliphatic heterocycles. The largest absolute Gasteiger partial charge is 0.497 e. The summed E-state index contributed by atoms with van der Waals surface area (Å²) in [5.74, 6) is 0.896. The Morgan fingerprint density at radius 3 is 2.82 bits per heavy atom. The average molecular weight is 325 g/mol. The molecule has 0 aliphatic rings. The van der Waals surface area contributed by atoms with E-state index < -0.39 is 0 Å². The smallest absolute Gasteiger partial charge is 0.236 e. The van der Waals surface area contributed by atoms with Crippen LogP contribution in [-0.4, -0.2) is 48.5 Å². The van der Waals surface area contributed by atoms with Crippen molar-refractivity contribution in [1.82, 2.24) is 14.9 Å². The van der Waals surface area contributed by atoms with Gasteiger partial charge in [-0.1, -0.05) is 6.07 Å². The van der Waals surface area contributed by atoms with Crippen LogP contribution in [0, 0.1) is 0 Å². The van der Waals surface area contributed by atoms with Gasteiger partial charge in [-0.2, -0.15) is 0 Å². The molecule has 0 saturated carbocycles. The zero-order valence-electron chi connectivity index (χ0n) is 12.9. The first-order valence-corrected chi connectivity index (χ1v) is 6.69. The number of ether oxygens (including phenoxy) is 1. The molecule has 120 valence electrons. The summed E-state index contributed by atoms with van der Waals surface area (Å²) in [5, 5.41) is 2.90. The first kappa shape index (κ1) is 18.0. The number of H-pyrrole nitrogens is 1. The number of imidazole rings is 1. The van der Waals surface area contributed by atoms with E-state index >= 15 is 0 Å². The summed E-state index contributed by atoms with van der Waals surface area (Å²) in [6, 6.07) is 7.28. The molecule has 6 nitrogen and oxygen atoms in total. The minimum Gasteiger partial charge on any atom is -0.497 e. The van der Waals surface area contributed by atoms with Gasteiger partial charge in [0.05, 0.1) is 7.11 Å². The standard InChI is InChI=1S/C15H20N4O2.ClH/c1-19(2)10-13(14-16-7-8-17-14)15(20)18-11-5-4-6-12(9-11)21-3;/h4-9,13H,10H2,1-3H3,(H,16,17)(H,18,20);1H. The first-order valence-electron chi connectivity index (χ1n) is 6.69. The fourth-order valence-electron chi connectivity index (χ4n) is 2.06. The highest BCUT2D eigenvalue weighted by Gasteiger charge is 2.23. The van der Waals surface area contributed by atoms with Crippen LogP contribution in [0.4, 0.5) is 5.69 Å². The average Bonchev–Trinajstić information content (AvgIpc) is 2.98. The van der Waals surface area contributed by atoms with Gasteiger partial charge in [0.1, 0.15) is 17.5 Å². The van der Waals surface area contributed by atoms with Crippen molar-refractivity contribution in [2.75, 3.05) is 33.1 Å². The zero-order chi connectivity index (χ0) is 15.2. The van der Waals surface area contributed by atoms with Crippen molar-refractivity contribution >= 4 is 24.0 Å². The summed E-state index contributed by atoms with van der Waals surface area (Å²) in [4.78, 5) is 21.7. The number of nitrogens with one attached hydrogen (secondary N) is 2. The quantitative estimate of drug-likeness (QED) is 0.854. The van der Waals surface area contributed by atoms with Gasteiger partial charge in [0.2, 0.25) is 5.91 Å². The van der Waals surface area contributed by atoms with Gasteiger partial charge in [0.25, 0.3) is 0 Å². The molecule has 22 heavy (non-hydrogen) atoms. The SMILES string of the molecule is COc1cccc(NC(=O)C(CN(C)C)c2ncc[nH]2)c1.Cl. The van der Waals surface area contributed by atoms with Gasteiger partial charge in [-0.3, -0.25) is 4.79 Å². The van der Waals surface area contributed by atoms with E-state index in [0.29, 0.717) is 23.8 Å². The van der Waals surface area contributed by atoms with Crippen LogP contribution >= 0.6 is 12.4 Å². The maximum Gasteiger partial charge on any atom is 0.236 e. The summed E-state index contributed by atoms with van der Waals surface area (Å²) >= 11 is 0. The predicted molar refractivity (Wildman–Crippen MR) is 88.8 cm³/mol.